The third kappa shape index (κ3) is 5.45. The first-order chi connectivity index (χ1) is 11.4. The Kier molecular flexibility index (Phi) is 7.04. The Morgan fingerprint density at radius 2 is 2.21 bits per heavy atom. The minimum Gasteiger partial charge on any atom is -0.377 e. The van der Waals surface area contributed by atoms with E-state index in [2.05, 4.69) is 48.3 Å². The molecule has 0 aromatic carbocycles. The summed E-state index contributed by atoms with van der Waals surface area (Å²) in [5.41, 5.74) is 0.168. The van der Waals surface area contributed by atoms with Gasteiger partial charge in [-0.25, -0.2) is 4.98 Å². The molecule has 0 radical (unpaired) electrons. The van der Waals surface area contributed by atoms with Crippen LogP contribution in [0.2, 0.25) is 0 Å². The van der Waals surface area contributed by atoms with Crippen molar-refractivity contribution in [1.82, 2.24) is 15.6 Å². The summed E-state index contributed by atoms with van der Waals surface area (Å²) in [6.45, 7) is 11.4. The lowest BCUT2D eigenvalue weighted by Crippen LogP contribution is -2.47. The van der Waals surface area contributed by atoms with Crippen LogP contribution in [0.1, 0.15) is 50.4 Å². The topological polar surface area (TPSA) is 58.5 Å². The number of thiazole rings is 1. The summed E-state index contributed by atoms with van der Waals surface area (Å²) in [6.07, 6.45) is 5.65. The maximum Gasteiger partial charge on any atom is 0.191 e. The Balaban J connectivity index is 1.83. The quantitative estimate of drug-likeness (QED) is 0.631. The highest BCUT2D eigenvalue weighted by Gasteiger charge is 2.35. The number of nitrogens with one attached hydrogen (secondary N) is 2. The molecule has 1 aliphatic heterocycles. The number of aryl methyl sites for hydroxylation is 1. The van der Waals surface area contributed by atoms with E-state index in [9.17, 15) is 0 Å². The highest BCUT2D eigenvalue weighted by molar-refractivity contribution is 7.11. The first-order valence-electron chi connectivity index (χ1n) is 8.93. The molecule has 1 saturated heterocycles. The highest BCUT2D eigenvalue weighted by atomic mass is 32.1. The van der Waals surface area contributed by atoms with Gasteiger partial charge in [-0.1, -0.05) is 27.7 Å². The number of ether oxygens (including phenoxy) is 1. The molecule has 1 aromatic rings. The number of hydrogen-bond acceptors (Lipinski definition) is 4. The zero-order chi connectivity index (χ0) is 17.6. The molecule has 1 aliphatic rings. The fourth-order valence-corrected chi connectivity index (χ4v) is 4.01. The van der Waals surface area contributed by atoms with E-state index in [1.165, 1.54) is 11.3 Å². The Labute approximate surface area is 150 Å². The fraction of sp³-hybridized carbons (Fsp3) is 0.778. The second-order valence-electron chi connectivity index (χ2n) is 7.44. The summed E-state index contributed by atoms with van der Waals surface area (Å²) in [5, 5.41) is 7.93. The van der Waals surface area contributed by atoms with Crippen molar-refractivity contribution in [2.45, 2.75) is 59.6 Å². The van der Waals surface area contributed by atoms with Crippen molar-refractivity contribution >= 4 is 17.3 Å². The molecular formula is C18H32N4OS. The summed E-state index contributed by atoms with van der Waals surface area (Å²) in [6, 6.07) is 0. The molecule has 0 amide bonds. The first kappa shape index (κ1) is 19.2. The number of hydrogen-bond donors (Lipinski definition) is 2. The third-order valence-corrected chi connectivity index (χ3v) is 5.55. The van der Waals surface area contributed by atoms with Crippen LogP contribution >= 0.6 is 11.3 Å². The molecule has 136 valence electrons. The molecule has 1 fully saturated rings. The van der Waals surface area contributed by atoms with Crippen LogP contribution in [0.3, 0.4) is 0 Å². The van der Waals surface area contributed by atoms with E-state index in [0.29, 0.717) is 18.6 Å². The highest BCUT2D eigenvalue weighted by Crippen LogP contribution is 2.33. The van der Waals surface area contributed by atoms with Gasteiger partial charge in [-0.05, 0) is 24.7 Å². The van der Waals surface area contributed by atoms with E-state index in [1.807, 2.05) is 13.2 Å². The van der Waals surface area contributed by atoms with Crippen LogP contribution in [0.4, 0.5) is 0 Å². The van der Waals surface area contributed by atoms with Gasteiger partial charge in [-0.2, -0.15) is 0 Å². The van der Waals surface area contributed by atoms with E-state index in [0.717, 1.165) is 37.0 Å². The van der Waals surface area contributed by atoms with Gasteiger partial charge in [0.15, 0.2) is 5.96 Å². The molecule has 0 bridgehead atoms. The Bertz CT molecular complexity index is 535. The van der Waals surface area contributed by atoms with Gasteiger partial charge < -0.3 is 15.4 Å². The molecule has 5 nitrogen and oxygen atoms in total. The predicted molar refractivity (Wildman–Crippen MR) is 102 cm³/mol. The summed E-state index contributed by atoms with van der Waals surface area (Å²) in [4.78, 5) is 10.1. The number of rotatable bonds is 5. The fourth-order valence-electron chi connectivity index (χ4n) is 3.21. The SMILES string of the molecule is CCc1cnc(CNC(=NC)NCC2CCCOC2C(C)(C)C)s1. The number of nitrogens with zero attached hydrogens (tertiary/aromatic N) is 2. The minimum atomic E-state index is 0.168. The molecule has 0 saturated carbocycles. The normalized spacial score (nSPS) is 22.5. The van der Waals surface area contributed by atoms with Crippen molar-refractivity contribution in [3.63, 3.8) is 0 Å². The van der Waals surface area contributed by atoms with Gasteiger partial charge in [0.1, 0.15) is 5.01 Å². The summed E-state index contributed by atoms with van der Waals surface area (Å²) in [7, 11) is 1.81. The average Bonchev–Trinajstić information content (AvgIpc) is 3.02. The average molecular weight is 353 g/mol. The minimum absolute atomic E-state index is 0.168. The van der Waals surface area contributed by atoms with E-state index in [-0.39, 0.29) is 5.41 Å². The number of aliphatic imine (C=N–C) groups is 1. The van der Waals surface area contributed by atoms with Crippen molar-refractivity contribution in [1.29, 1.82) is 0 Å². The summed E-state index contributed by atoms with van der Waals surface area (Å²) in [5.74, 6) is 1.35. The summed E-state index contributed by atoms with van der Waals surface area (Å²) < 4.78 is 6.06. The van der Waals surface area contributed by atoms with Crippen molar-refractivity contribution in [3.05, 3.63) is 16.1 Å². The molecule has 6 heteroatoms. The standard InChI is InChI=1S/C18H32N4OS/c1-6-14-11-20-15(24-14)12-22-17(19-5)21-10-13-8-7-9-23-16(13)18(2,3)4/h11,13,16H,6-10,12H2,1-5H3,(H2,19,21,22). The first-order valence-corrected chi connectivity index (χ1v) is 9.75. The van der Waals surface area contributed by atoms with Gasteiger partial charge in [0.2, 0.25) is 0 Å². The van der Waals surface area contributed by atoms with E-state index in [4.69, 9.17) is 4.74 Å². The lowest BCUT2D eigenvalue weighted by molar-refractivity contribution is -0.0835. The van der Waals surface area contributed by atoms with E-state index in [1.54, 1.807) is 11.3 Å². The molecule has 0 aliphatic carbocycles. The zero-order valence-corrected chi connectivity index (χ0v) is 16.5. The van der Waals surface area contributed by atoms with Crippen molar-refractivity contribution in [2.75, 3.05) is 20.2 Å². The molecule has 2 heterocycles. The third-order valence-electron chi connectivity index (χ3n) is 4.41. The van der Waals surface area contributed by atoms with Gasteiger partial charge in [-0.3, -0.25) is 4.99 Å². The van der Waals surface area contributed by atoms with Gasteiger partial charge in [-0.15, -0.1) is 11.3 Å². The van der Waals surface area contributed by atoms with Gasteiger partial charge in [0, 0.05) is 37.2 Å². The van der Waals surface area contributed by atoms with E-state index < -0.39 is 0 Å². The van der Waals surface area contributed by atoms with Crippen LogP contribution in [0.5, 0.6) is 0 Å². The molecule has 0 spiro atoms. The number of aromatic nitrogens is 1. The molecule has 24 heavy (non-hydrogen) atoms. The Hall–Kier alpha value is -1.14. The molecular weight excluding hydrogens is 320 g/mol. The largest absolute Gasteiger partial charge is 0.377 e. The zero-order valence-electron chi connectivity index (χ0n) is 15.7. The van der Waals surface area contributed by atoms with Gasteiger partial charge >= 0.3 is 0 Å². The van der Waals surface area contributed by atoms with Crippen molar-refractivity contribution in [3.8, 4) is 0 Å². The predicted octanol–water partition coefficient (Wildman–Crippen LogP) is 3.21. The second-order valence-corrected chi connectivity index (χ2v) is 8.64. The number of guanidine groups is 1. The van der Waals surface area contributed by atoms with Crippen LogP contribution in [0.15, 0.2) is 11.2 Å². The monoisotopic (exact) mass is 352 g/mol. The maximum absolute atomic E-state index is 6.06. The van der Waals surface area contributed by atoms with Gasteiger partial charge in [0.25, 0.3) is 0 Å². The lowest BCUT2D eigenvalue weighted by Gasteiger charge is -2.40. The van der Waals surface area contributed by atoms with Crippen LogP contribution in [-0.4, -0.2) is 37.2 Å². The Morgan fingerprint density at radius 3 is 2.83 bits per heavy atom. The van der Waals surface area contributed by atoms with Crippen molar-refractivity contribution < 1.29 is 4.74 Å². The van der Waals surface area contributed by atoms with Crippen LogP contribution in [-0.2, 0) is 17.7 Å². The van der Waals surface area contributed by atoms with Crippen molar-refractivity contribution in [2.24, 2.45) is 16.3 Å². The Morgan fingerprint density at radius 1 is 1.42 bits per heavy atom. The van der Waals surface area contributed by atoms with Crippen LogP contribution in [0.25, 0.3) is 0 Å². The second kappa shape index (κ2) is 8.81. The molecule has 1 aromatic heterocycles. The molecule has 2 unspecified atom stereocenters. The molecule has 2 rings (SSSR count). The maximum atomic E-state index is 6.06. The lowest BCUT2D eigenvalue weighted by atomic mass is 9.78. The van der Waals surface area contributed by atoms with Gasteiger partial charge in [0.05, 0.1) is 12.6 Å². The molecule has 2 N–H and O–H groups in total. The smallest absolute Gasteiger partial charge is 0.191 e. The van der Waals surface area contributed by atoms with Crippen LogP contribution < -0.4 is 10.6 Å². The van der Waals surface area contributed by atoms with Crippen LogP contribution in [0, 0.1) is 11.3 Å². The molecule has 2 atom stereocenters. The summed E-state index contributed by atoms with van der Waals surface area (Å²) >= 11 is 1.76. The van der Waals surface area contributed by atoms with E-state index >= 15 is 0 Å².